The summed E-state index contributed by atoms with van der Waals surface area (Å²) in [5.74, 6) is -1.52. The molecule has 2 heterocycles. The monoisotopic (exact) mass is 382 g/mol. The van der Waals surface area contributed by atoms with Crippen LogP contribution in [0.15, 0.2) is 44.5 Å². The van der Waals surface area contributed by atoms with Gasteiger partial charge in [-0.2, -0.15) is 10.1 Å². The van der Waals surface area contributed by atoms with Gasteiger partial charge in [0, 0.05) is 19.8 Å². The lowest BCUT2D eigenvalue weighted by Gasteiger charge is -2.12. The summed E-state index contributed by atoms with van der Waals surface area (Å²) in [4.78, 5) is 48.3. The largest absolute Gasteiger partial charge is 0.478 e. The van der Waals surface area contributed by atoms with Gasteiger partial charge < -0.3 is 9.67 Å². The molecule has 0 saturated heterocycles. The summed E-state index contributed by atoms with van der Waals surface area (Å²) in [7, 11) is 2.92. The number of benzene rings is 1. The molecular formula is C19H18N4O5. The Kier molecular flexibility index (Phi) is 4.60. The summed E-state index contributed by atoms with van der Waals surface area (Å²) in [5, 5.41) is 14.4. The number of carboxylic acid groups (broad SMARTS) is 1. The Hall–Kier alpha value is -3.75. The van der Waals surface area contributed by atoms with Crippen molar-refractivity contribution in [1.82, 2.24) is 9.13 Å². The van der Waals surface area contributed by atoms with Gasteiger partial charge in [-0.1, -0.05) is 0 Å². The SMILES string of the molecule is CC1=NN(c2ccc(C(=O)O)cc2)C(=O)/C1=C/c1c(C)n(C)c(=O)n(C)c1=O. The smallest absolute Gasteiger partial charge is 0.335 e. The first-order valence-corrected chi connectivity index (χ1v) is 8.35. The molecule has 0 fully saturated rings. The van der Waals surface area contributed by atoms with Crippen LogP contribution in [0.3, 0.4) is 0 Å². The van der Waals surface area contributed by atoms with Gasteiger partial charge >= 0.3 is 11.7 Å². The Morgan fingerprint density at radius 2 is 1.64 bits per heavy atom. The van der Waals surface area contributed by atoms with Crippen molar-refractivity contribution in [2.75, 3.05) is 5.01 Å². The maximum Gasteiger partial charge on any atom is 0.335 e. The average Bonchev–Trinajstić information content (AvgIpc) is 2.96. The van der Waals surface area contributed by atoms with Crippen LogP contribution >= 0.6 is 0 Å². The van der Waals surface area contributed by atoms with E-state index in [1.807, 2.05) is 0 Å². The van der Waals surface area contributed by atoms with Crippen molar-refractivity contribution in [3.05, 3.63) is 67.5 Å². The minimum absolute atomic E-state index is 0.0937. The summed E-state index contributed by atoms with van der Waals surface area (Å²) < 4.78 is 2.32. The third-order valence-corrected chi connectivity index (χ3v) is 4.71. The predicted octanol–water partition coefficient (Wildman–Crippen LogP) is 0.897. The lowest BCUT2D eigenvalue weighted by atomic mass is 10.1. The number of hydrogen-bond donors (Lipinski definition) is 1. The number of carbonyl (C=O) groups excluding carboxylic acids is 1. The van der Waals surface area contributed by atoms with Crippen LogP contribution in [0, 0.1) is 6.92 Å². The fraction of sp³-hybridized carbons (Fsp3) is 0.211. The average molecular weight is 382 g/mol. The van der Waals surface area contributed by atoms with Crippen molar-refractivity contribution in [3.63, 3.8) is 0 Å². The van der Waals surface area contributed by atoms with Gasteiger partial charge in [-0.15, -0.1) is 0 Å². The number of nitrogens with zero attached hydrogens (tertiary/aromatic N) is 4. The number of aromatic carboxylic acids is 1. The topological polar surface area (TPSA) is 114 Å². The molecule has 0 radical (unpaired) electrons. The van der Waals surface area contributed by atoms with Gasteiger partial charge in [0.15, 0.2) is 0 Å². The highest BCUT2D eigenvalue weighted by Crippen LogP contribution is 2.25. The van der Waals surface area contributed by atoms with Crippen molar-refractivity contribution in [2.45, 2.75) is 13.8 Å². The molecule has 9 nitrogen and oxygen atoms in total. The van der Waals surface area contributed by atoms with E-state index in [1.165, 1.54) is 42.0 Å². The molecule has 144 valence electrons. The van der Waals surface area contributed by atoms with Crippen LogP contribution in [0.4, 0.5) is 5.69 Å². The van der Waals surface area contributed by atoms with Crippen LogP contribution in [0.5, 0.6) is 0 Å². The Bertz CT molecular complexity index is 1180. The molecule has 0 unspecified atom stereocenters. The van der Waals surface area contributed by atoms with Gasteiger partial charge in [0.1, 0.15) is 0 Å². The Balaban J connectivity index is 2.06. The van der Waals surface area contributed by atoms with E-state index in [9.17, 15) is 19.2 Å². The highest BCUT2D eigenvalue weighted by atomic mass is 16.4. The number of carbonyl (C=O) groups is 2. The van der Waals surface area contributed by atoms with Crippen molar-refractivity contribution in [3.8, 4) is 0 Å². The zero-order valence-corrected chi connectivity index (χ0v) is 15.8. The molecule has 3 rings (SSSR count). The van der Waals surface area contributed by atoms with Crippen molar-refractivity contribution >= 4 is 29.4 Å². The molecule has 9 heteroatoms. The van der Waals surface area contributed by atoms with E-state index in [2.05, 4.69) is 5.10 Å². The van der Waals surface area contributed by atoms with E-state index >= 15 is 0 Å². The fourth-order valence-corrected chi connectivity index (χ4v) is 2.89. The van der Waals surface area contributed by atoms with Gasteiger partial charge in [-0.25, -0.2) is 9.59 Å². The number of hydrazone groups is 1. The molecule has 28 heavy (non-hydrogen) atoms. The third kappa shape index (κ3) is 2.96. The Morgan fingerprint density at radius 1 is 1.04 bits per heavy atom. The highest BCUT2D eigenvalue weighted by Gasteiger charge is 2.29. The third-order valence-electron chi connectivity index (χ3n) is 4.71. The lowest BCUT2D eigenvalue weighted by molar-refractivity contribution is -0.114. The van der Waals surface area contributed by atoms with Crippen LogP contribution in [0.25, 0.3) is 6.08 Å². The number of hydrogen-bond acceptors (Lipinski definition) is 5. The van der Waals surface area contributed by atoms with E-state index < -0.39 is 23.1 Å². The maximum absolute atomic E-state index is 12.8. The van der Waals surface area contributed by atoms with Gasteiger partial charge in [-0.05, 0) is 44.2 Å². The molecule has 1 aromatic carbocycles. The van der Waals surface area contributed by atoms with E-state index in [0.29, 0.717) is 17.1 Å². The first kappa shape index (κ1) is 19.0. The van der Waals surface area contributed by atoms with Gasteiger partial charge in [0.2, 0.25) is 0 Å². The molecule has 0 spiro atoms. The maximum atomic E-state index is 12.8. The number of amides is 1. The normalized spacial score (nSPS) is 15.3. The molecule has 0 bridgehead atoms. The minimum atomic E-state index is -1.07. The Morgan fingerprint density at radius 3 is 2.21 bits per heavy atom. The molecule has 0 aliphatic carbocycles. The van der Waals surface area contributed by atoms with Crippen LogP contribution in [-0.4, -0.2) is 31.8 Å². The van der Waals surface area contributed by atoms with E-state index in [0.717, 1.165) is 9.58 Å². The molecule has 0 atom stereocenters. The van der Waals surface area contributed by atoms with Crippen LogP contribution < -0.4 is 16.3 Å². The number of anilines is 1. The predicted molar refractivity (Wildman–Crippen MR) is 104 cm³/mol. The Labute approximate surface area is 159 Å². The molecular weight excluding hydrogens is 364 g/mol. The quantitative estimate of drug-likeness (QED) is 0.792. The zero-order chi connectivity index (χ0) is 20.7. The van der Waals surface area contributed by atoms with E-state index in [-0.39, 0.29) is 16.7 Å². The summed E-state index contributed by atoms with van der Waals surface area (Å²) >= 11 is 0. The summed E-state index contributed by atoms with van der Waals surface area (Å²) in [6.07, 6.45) is 1.43. The molecule has 0 saturated carbocycles. The molecule has 1 aliphatic rings. The summed E-state index contributed by atoms with van der Waals surface area (Å²) in [6, 6.07) is 5.73. The van der Waals surface area contributed by atoms with Crippen molar-refractivity contribution < 1.29 is 14.7 Å². The second-order valence-corrected chi connectivity index (χ2v) is 6.42. The van der Waals surface area contributed by atoms with Crippen LogP contribution in [0.2, 0.25) is 0 Å². The zero-order valence-electron chi connectivity index (χ0n) is 15.8. The van der Waals surface area contributed by atoms with Crippen molar-refractivity contribution in [2.24, 2.45) is 19.2 Å². The number of aromatic nitrogens is 2. The first-order valence-electron chi connectivity index (χ1n) is 8.35. The molecule has 2 aromatic rings. The van der Waals surface area contributed by atoms with Crippen LogP contribution in [-0.2, 0) is 18.9 Å². The molecule has 1 aliphatic heterocycles. The standard InChI is InChI=1S/C19H18N4O5/c1-10-14(9-15-11(2)21(3)19(28)22(4)16(15)24)17(25)23(20-10)13-7-5-12(6-8-13)18(26)27/h5-9H,1-4H3,(H,26,27)/b14-9+. The van der Waals surface area contributed by atoms with Crippen LogP contribution in [0.1, 0.15) is 28.5 Å². The summed E-state index contributed by atoms with van der Waals surface area (Å²) in [5.41, 5.74) is 0.838. The second kappa shape index (κ2) is 6.76. The van der Waals surface area contributed by atoms with Gasteiger partial charge in [-0.3, -0.25) is 14.2 Å². The fourth-order valence-electron chi connectivity index (χ4n) is 2.89. The second-order valence-electron chi connectivity index (χ2n) is 6.42. The summed E-state index contributed by atoms with van der Waals surface area (Å²) in [6.45, 7) is 3.26. The molecule has 1 N–H and O–H groups in total. The highest BCUT2D eigenvalue weighted by molar-refractivity contribution is 6.32. The lowest BCUT2D eigenvalue weighted by Crippen LogP contribution is -2.39. The molecule has 1 aromatic heterocycles. The number of rotatable bonds is 3. The number of carboxylic acids is 1. The van der Waals surface area contributed by atoms with Gasteiger partial charge in [0.25, 0.3) is 11.5 Å². The molecule has 1 amide bonds. The minimum Gasteiger partial charge on any atom is -0.478 e. The van der Waals surface area contributed by atoms with E-state index in [4.69, 9.17) is 5.11 Å². The van der Waals surface area contributed by atoms with Gasteiger partial charge in [0.05, 0.1) is 28.1 Å². The first-order chi connectivity index (χ1) is 13.1. The van der Waals surface area contributed by atoms with E-state index in [1.54, 1.807) is 20.9 Å². The van der Waals surface area contributed by atoms with Crippen molar-refractivity contribution in [1.29, 1.82) is 0 Å².